The molecule has 9 nitrogen and oxygen atoms in total. The van der Waals surface area contributed by atoms with E-state index in [9.17, 15) is 9.59 Å². The predicted molar refractivity (Wildman–Crippen MR) is 135 cm³/mol. The van der Waals surface area contributed by atoms with Crippen LogP contribution in [0.4, 0.5) is 11.4 Å². The van der Waals surface area contributed by atoms with Crippen molar-refractivity contribution in [2.24, 2.45) is 10.2 Å². The summed E-state index contributed by atoms with van der Waals surface area (Å²) < 4.78 is 22.1. The van der Waals surface area contributed by atoms with Crippen molar-refractivity contribution in [3.8, 4) is 23.0 Å². The van der Waals surface area contributed by atoms with Gasteiger partial charge in [-0.2, -0.15) is 10.2 Å². The van der Waals surface area contributed by atoms with E-state index >= 15 is 0 Å². The van der Waals surface area contributed by atoms with Crippen molar-refractivity contribution in [3.05, 3.63) is 34.3 Å². The van der Waals surface area contributed by atoms with Crippen LogP contribution in [0, 0.1) is 0 Å². The number of benzene rings is 2. The third-order valence-electron chi connectivity index (χ3n) is 4.42. The van der Waals surface area contributed by atoms with Crippen LogP contribution in [0.5, 0.6) is 23.0 Å². The van der Waals surface area contributed by atoms with Crippen LogP contribution in [0.25, 0.3) is 0 Å². The zero-order valence-corrected chi connectivity index (χ0v) is 21.8. The quantitative estimate of drug-likeness (QED) is 0.244. The molecule has 2 aromatic rings. The second-order valence-corrected chi connectivity index (χ2v) is 7.79. The van der Waals surface area contributed by atoms with E-state index < -0.39 is 17.7 Å². The molecule has 0 fully saturated rings. The first-order valence-corrected chi connectivity index (χ1v) is 11.9. The molecule has 11 heteroatoms. The Morgan fingerprint density at radius 2 is 1.29 bits per heavy atom. The molecule has 1 amide bonds. The monoisotopic (exact) mass is 525 g/mol. The van der Waals surface area contributed by atoms with Gasteiger partial charge in [0.25, 0.3) is 5.91 Å². The third-order valence-corrected chi connectivity index (χ3v) is 5.01. The molecule has 0 aromatic heterocycles. The summed E-state index contributed by atoms with van der Waals surface area (Å²) in [6.45, 7) is 9.90. The number of carbonyl (C=O) groups excluding carboxylic acids is 2. The van der Waals surface area contributed by atoms with Crippen LogP contribution in [-0.4, -0.2) is 44.2 Å². The number of anilines is 1. The van der Waals surface area contributed by atoms with Crippen LogP contribution in [0.2, 0.25) is 10.0 Å². The number of ether oxygens (including phenoxy) is 4. The minimum Gasteiger partial charge on any atom is -0.492 e. The van der Waals surface area contributed by atoms with Crippen molar-refractivity contribution in [2.45, 2.75) is 40.7 Å². The summed E-state index contributed by atoms with van der Waals surface area (Å²) in [4.78, 5) is 25.3. The number of nitrogens with zero attached hydrogens (tertiary/aromatic N) is 2. The summed E-state index contributed by atoms with van der Waals surface area (Å²) in [7, 11) is 0. The van der Waals surface area contributed by atoms with Crippen LogP contribution >= 0.6 is 23.2 Å². The molecule has 0 bridgehead atoms. The zero-order valence-electron chi connectivity index (χ0n) is 20.3. The maximum absolute atomic E-state index is 13.0. The molecule has 0 spiro atoms. The van der Waals surface area contributed by atoms with Gasteiger partial charge in [0.1, 0.15) is 28.7 Å². The minimum atomic E-state index is -1.43. The fraction of sp³-hybridized carbons (Fsp3) is 0.417. The van der Waals surface area contributed by atoms with Crippen LogP contribution in [-0.2, 0) is 9.59 Å². The van der Waals surface area contributed by atoms with E-state index in [2.05, 4.69) is 15.5 Å². The lowest BCUT2D eigenvalue weighted by Crippen LogP contribution is -2.32. The lowest BCUT2D eigenvalue weighted by atomic mass is 10.2. The molecule has 0 saturated carbocycles. The van der Waals surface area contributed by atoms with Crippen molar-refractivity contribution in [1.29, 1.82) is 0 Å². The molecular weight excluding hydrogens is 497 g/mol. The first-order valence-electron chi connectivity index (χ1n) is 11.2. The fourth-order valence-electron chi connectivity index (χ4n) is 2.95. The number of ketones is 1. The Kier molecular flexibility index (Phi) is 11.1. The summed E-state index contributed by atoms with van der Waals surface area (Å²) in [5.41, 5.74) is 0.546. The normalized spacial score (nSPS) is 11.7. The number of rotatable bonds is 13. The summed E-state index contributed by atoms with van der Waals surface area (Å²) >= 11 is 12.5. The average molecular weight is 526 g/mol. The second kappa shape index (κ2) is 13.7. The number of carbonyl (C=O) groups is 2. The molecule has 1 atom stereocenters. The van der Waals surface area contributed by atoms with E-state index in [1.807, 2.05) is 6.92 Å². The van der Waals surface area contributed by atoms with Crippen LogP contribution in [0.15, 0.2) is 34.5 Å². The molecule has 1 N–H and O–H groups in total. The maximum atomic E-state index is 13.0. The molecule has 0 radical (unpaired) electrons. The first kappa shape index (κ1) is 28.2. The van der Waals surface area contributed by atoms with Crippen molar-refractivity contribution in [3.63, 3.8) is 0 Å². The first-order chi connectivity index (χ1) is 16.7. The molecule has 2 aromatic carbocycles. The highest BCUT2D eigenvalue weighted by atomic mass is 35.5. The van der Waals surface area contributed by atoms with E-state index in [0.29, 0.717) is 59.5 Å². The SMILES string of the molecule is CCOc1cc(N=NC(C(C)=O)C(=O)Nc2cc(OCC)c(Cl)cc2OCC)c(OCC)cc1Cl. The van der Waals surface area contributed by atoms with Crippen molar-refractivity contribution in [1.82, 2.24) is 0 Å². The molecule has 0 saturated heterocycles. The van der Waals surface area contributed by atoms with Gasteiger partial charge in [0.05, 0.1) is 42.2 Å². The zero-order chi connectivity index (χ0) is 26.0. The van der Waals surface area contributed by atoms with Gasteiger partial charge in [-0.05, 0) is 34.6 Å². The Morgan fingerprint density at radius 1 is 0.800 bits per heavy atom. The maximum Gasteiger partial charge on any atom is 0.258 e. The predicted octanol–water partition coefficient (Wildman–Crippen LogP) is 6.27. The Bertz CT molecular complexity index is 1080. The molecular formula is C24H29Cl2N3O6. The van der Waals surface area contributed by atoms with Gasteiger partial charge in [-0.3, -0.25) is 9.59 Å². The standard InChI is InChI=1S/C24H29Cl2N3O6/c1-6-32-19-12-17(21(34-8-3)10-15(19)25)27-24(31)23(14(5)30)29-28-18-13-20(33-7-2)16(26)11-22(18)35-9-4/h10-13,23H,6-9H2,1-5H3,(H,27,31). The number of azo groups is 1. The van der Waals surface area contributed by atoms with Gasteiger partial charge in [0, 0.05) is 24.3 Å². The molecule has 0 aliphatic heterocycles. The molecule has 0 aliphatic carbocycles. The minimum absolute atomic E-state index is 0.263. The number of halogens is 2. The van der Waals surface area contributed by atoms with Crippen molar-refractivity contribution < 1.29 is 28.5 Å². The Hall–Kier alpha value is -3.04. The largest absolute Gasteiger partial charge is 0.492 e. The van der Waals surface area contributed by atoms with E-state index in [0.717, 1.165) is 0 Å². The van der Waals surface area contributed by atoms with Gasteiger partial charge in [-0.15, -0.1) is 0 Å². The van der Waals surface area contributed by atoms with Gasteiger partial charge in [0.2, 0.25) is 6.04 Å². The lowest BCUT2D eigenvalue weighted by Gasteiger charge is -2.16. The van der Waals surface area contributed by atoms with Crippen molar-refractivity contribution in [2.75, 3.05) is 31.7 Å². The number of hydrogen-bond acceptors (Lipinski definition) is 8. The van der Waals surface area contributed by atoms with Gasteiger partial charge in [-0.25, -0.2) is 0 Å². The van der Waals surface area contributed by atoms with Crippen molar-refractivity contribution >= 4 is 46.3 Å². The topological polar surface area (TPSA) is 108 Å². The van der Waals surface area contributed by atoms with Gasteiger partial charge in [-0.1, -0.05) is 23.2 Å². The molecule has 1 unspecified atom stereocenters. The number of Topliss-reactive ketones (excluding diaryl/α,β-unsaturated/α-hetero) is 1. The summed E-state index contributed by atoms with van der Waals surface area (Å²) in [5, 5.41) is 11.4. The molecule has 0 aliphatic rings. The smallest absolute Gasteiger partial charge is 0.258 e. The van der Waals surface area contributed by atoms with Crippen LogP contribution in [0.3, 0.4) is 0 Å². The van der Waals surface area contributed by atoms with Gasteiger partial charge >= 0.3 is 0 Å². The number of amides is 1. The van der Waals surface area contributed by atoms with E-state index in [4.69, 9.17) is 42.1 Å². The van der Waals surface area contributed by atoms with Gasteiger partial charge < -0.3 is 24.3 Å². The highest BCUT2D eigenvalue weighted by Gasteiger charge is 2.25. The second-order valence-electron chi connectivity index (χ2n) is 6.98. The molecule has 190 valence electrons. The average Bonchev–Trinajstić information content (AvgIpc) is 2.80. The lowest BCUT2D eigenvalue weighted by molar-refractivity contribution is -0.126. The summed E-state index contributed by atoms with van der Waals surface area (Å²) in [6, 6.07) is 4.72. The molecule has 2 rings (SSSR count). The van der Waals surface area contributed by atoms with Crippen LogP contribution < -0.4 is 24.3 Å². The highest BCUT2D eigenvalue weighted by Crippen LogP contribution is 2.39. The van der Waals surface area contributed by atoms with E-state index in [-0.39, 0.29) is 11.4 Å². The van der Waals surface area contributed by atoms with E-state index in [1.165, 1.54) is 25.1 Å². The summed E-state index contributed by atoms with van der Waals surface area (Å²) in [5.74, 6) is 0.182. The Labute approximate surface area is 214 Å². The number of hydrogen-bond donors (Lipinski definition) is 1. The third kappa shape index (κ3) is 7.73. The van der Waals surface area contributed by atoms with E-state index in [1.54, 1.807) is 26.8 Å². The molecule has 0 heterocycles. The Balaban J connectivity index is 2.39. The molecule has 35 heavy (non-hydrogen) atoms. The Morgan fingerprint density at radius 3 is 1.83 bits per heavy atom. The van der Waals surface area contributed by atoms with Crippen LogP contribution in [0.1, 0.15) is 34.6 Å². The highest BCUT2D eigenvalue weighted by molar-refractivity contribution is 6.32. The summed E-state index contributed by atoms with van der Waals surface area (Å²) in [6.07, 6.45) is 0. The number of nitrogens with one attached hydrogen (secondary N) is 1. The van der Waals surface area contributed by atoms with Gasteiger partial charge in [0.15, 0.2) is 5.78 Å². The fourth-order valence-corrected chi connectivity index (χ4v) is 3.37.